The Morgan fingerprint density at radius 3 is 2.23 bits per heavy atom. The second-order valence-electron chi connectivity index (χ2n) is 8.95. The number of ether oxygens (including phenoxy) is 3. The van der Waals surface area contributed by atoms with Crippen molar-refractivity contribution >= 4 is 18.0 Å². The first-order valence-corrected chi connectivity index (χ1v) is 11.1. The molecule has 31 heavy (non-hydrogen) atoms. The monoisotopic (exact) mass is 433 g/mol. The fourth-order valence-electron chi connectivity index (χ4n) is 3.41. The maximum atomic E-state index is 12.6. The molecule has 1 N–H and O–H groups in total. The van der Waals surface area contributed by atoms with Crippen molar-refractivity contribution in [3.8, 4) is 0 Å². The molecule has 172 valence electrons. The first-order valence-electron chi connectivity index (χ1n) is 11.1. The summed E-state index contributed by atoms with van der Waals surface area (Å²) in [7, 11) is 0. The molecule has 1 unspecified atom stereocenters. The maximum Gasteiger partial charge on any atom is 0.408 e. The van der Waals surface area contributed by atoms with E-state index in [0.717, 1.165) is 44.1 Å². The lowest BCUT2D eigenvalue weighted by atomic mass is 9.98. The van der Waals surface area contributed by atoms with Crippen molar-refractivity contribution in [3.05, 3.63) is 35.9 Å². The number of carbonyl (C=O) groups excluding carboxylic acids is 3. The van der Waals surface area contributed by atoms with Gasteiger partial charge in [0.1, 0.15) is 24.4 Å². The summed E-state index contributed by atoms with van der Waals surface area (Å²) in [5.41, 5.74) is 0.0750. The molecule has 0 aromatic heterocycles. The molecule has 7 nitrogen and oxygen atoms in total. The summed E-state index contributed by atoms with van der Waals surface area (Å²) in [5, 5.41) is 2.46. The highest BCUT2D eigenvalue weighted by molar-refractivity contribution is 5.86. The van der Waals surface area contributed by atoms with Crippen molar-refractivity contribution in [1.29, 1.82) is 0 Å². The van der Waals surface area contributed by atoms with Crippen LogP contribution in [0, 0.1) is 0 Å². The van der Waals surface area contributed by atoms with Crippen molar-refractivity contribution in [2.24, 2.45) is 0 Å². The summed E-state index contributed by atoms with van der Waals surface area (Å²) in [5.74, 6) is -1.23. The zero-order chi connectivity index (χ0) is 22.7. The van der Waals surface area contributed by atoms with E-state index < -0.39 is 29.7 Å². The second-order valence-corrected chi connectivity index (χ2v) is 8.95. The third-order valence-corrected chi connectivity index (χ3v) is 4.92. The van der Waals surface area contributed by atoms with Crippen LogP contribution in [0.25, 0.3) is 0 Å². The average molecular weight is 434 g/mol. The Kier molecular flexibility index (Phi) is 9.82. The van der Waals surface area contributed by atoms with Crippen molar-refractivity contribution in [2.75, 3.05) is 0 Å². The lowest BCUT2D eigenvalue weighted by Gasteiger charge is -2.24. The summed E-state index contributed by atoms with van der Waals surface area (Å²) < 4.78 is 16.2. The molecule has 0 spiro atoms. The first kappa shape index (κ1) is 24.7. The Morgan fingerprint density at radius 1 is 1.00 bits per heavy atom. The summed E-state index contributed by atoms with van der Waals surface area (Å²) in [6.07, 6.45) is 5.98. The molecule has 0 saturated heterocycles. The van der Waals surface area contributed by atoms with Gasteiger partial charge >= 0.3 is 18.0 Å². The lowest BCUT2D eigenvalue weighted by Crippen LogP contribution is -2.45. The quantitative estimate of drug-likeness (QED) is 0.496. The number of nitrogens with one attached hydrogen (secondary N) is 1. The third kappa shape index (κ3) is 10.3. The van der Waals surface area contributed by atoms with E-state index in [2.05, 4.69) is 5.32 Å². The number of hydrogen-bond acceptors (Lipinski definition) is 6. The van der Waals surface area contributed by atoms with E-state index in [1.165, 1.54) is 6.42 Å². The van der Waals surface area contributed by atoms with Crippen molar-refractivity contribution in [1.82, 2.24) is 5.32 Å². The topological polar surface area (TPSA) is 90.9 Å². The highest BCUT2D eigenvalue weighted by Gasteiger charge is 2.29. The Bertz CT molecular complexity index is 705. The fraction of sp³-hybridized carbons (Fsp3) is 0.625. The van der Waals surface area contributed by atoms with Gasteiger partial charge in [-0.1, -0.05) is 49.6 Å². The molecule has 1 fully saturated rings. The largest absolute Gasteiger partial charge is 0.462 e. The van der Waals surface area contributed by atoms with Gasteiger partial charge in [-0.3, -0.25) is 4.79 Å². The number of benzene rings is 1. The van der Waals surface area contributed by atoms with Crippen LogP contribution in [-0.4, -0.2) is 35.8 Å². The zero-order valence-electron chi connectivity index (χ0n) is 18.9. The second kappa shape index (κ2) is 12.3. The minimum atomic E-state index is -1.18. The maximum absolute atomic E-state index is 12.6. The molecule has 0 bridgehead atoms. The standard InChI is InChI=1S/C24H35NO6/c1-24(2,3)31-23(28)25-20(22(27)29-17-18-12-8-7-9-13-18)16-21(26)30-19-14-10-5-4-6-11-15-19/h7-9,12-13,19-20H,4-6,10-11,14-17H2,1-3H3,(H,25,28). The molecule has 1 atom stereocenters. The summed E-state index contributed by atoms with van der Waals surface area (Å²) in [6.45, 7) is 5.21. The van der Waals surface area contributed by atoms with Crippen LogP contribution < -0.4 is 5.32 Å². The molecule has 1 saturated carbocycles. The smallest absolute Gasteiger partial charge is 0.408 e. The van der Waals surface area contributed by atoms with Crippen LogP contribution in [0.5, 0.6) is 0 Å². The van der Waals surface area contributed by atoms with E-state index >= 15 is 0 Å². The Morgan fingerprint density at radius 2 is 1.61 bits per heavy atom. The summed E-state index contributed by atoms with van der Waals surface area (Å²) >= 11 is 0. The van der Waals surface area contributed by atoms with Gasteiger partial charge in [0.05, 0.1) is 6.42 Å². The normalized spacial score (nSPS) is 16.4. The van der Waals surface area contributed by atoms with Crippen LogP contribution >= 0.6 is 0 Å². The molecule has 1 aliphatic carbocycles. The summed E-state index contributed by atoms with van der Waals surface area (Å²) in [4.78, 5) is 37.4. The first-order chi connectivity index (χ1) is 14.7. The van der Waals surface area contributed by atoms with Gasteiger partial charge in [0.25, 0.3) is 0 Å². The van der Waals surface area contributed by atoms with E-state index in [4.69, 9.17) is 14.2 Å². The van der Waals surface area contributed by atoms with Gasteiger partial charge in [0.15, 0.2) is 0 Å². The Balaban J connectivity index is 1.96. The number of carbonyl (C=O) groups is 3. The van der Waals surface area contributed by atoms with Crippen LogP contribution in [0.4, 0.5) is 4.79 Å². The van der Waals surface area contributed by atoms with E-state index in [-0.39, 0.29) is 19.1 Å². The van der Waals surface area contributed by atoms with Gasteiger partial charge in [-0.2, -0.15) is 0 Å². The van der Waals surface area contributed by atoms with Gasteiger partial charge in [-0.25, -0.2) is 9.59 Å². The number of hydrogen-bond donors (Lipinski definition) is 1. The van der Waals surface area contributed by atoms with Crippen LogP contribution in [-0.2, 0) is 30.4 Å². The Hall–Kier alpha value is -2.57. The molecule has 1 aliphatic rings. The number of esters is 2. The molecule has 0 aliphatic heterocycles. The predicted molar refractivity (Wildman–Crippen MR) is 116 cm³/mol. The van der Waals surface area contributed by atoms with Crippen molar-refractivity contribution < 1.29 is 28.6 Å². The number of alkyl carbamates (subject to hydrolysis) is 1. The molecular weight excluding hydrogens is 398 g/mol. The van der Waals surface area contributed by atoms with Crippen molar-refractivity contribution in [3.63, 3.8) is 0 Å². The van der Waals surface area contributed by atoms with E-state index in [9.17, 15) is 14.4 Å². The molecule has 2 rings (SSSR count). The highest BCUT2D eigenvalue weighted by Crippen LogP contribution is 2.20. The SMILES string of the molecule is CC(C)(C)OC(=O)NC(CC(=O)OC1CCCCCCC1)C(=O)OCc1ccccc1. The molecule has 1 amide bonds. The van der Waals surface area contributed by atoms with Crippen molar-refractivity contribution in [2.45, 2.75) is 96.5 Å². The van der Waals surface area contributed by atoms with Gasteiger partial charge < -0.3 is 19.5 Å². The van der Waals surface area contributed by atoms with Gasteiger partial charge in [-0.15, -0.1) is 0 Å². The van der Waals surface area contributed by atoms with Crippen LogP contribution in [0.1, 0.15) is 77.7 Å². The van der Waals surface area contributed by atoms with Gasteiger partial charge in [-0.05, 0) is 52.0 Å². The Labute approximate surface area is 184 Å². The lowest BCUT2D eigenvalue weighted by molar-refractivity contribution is -0.156. The molecule has 1 aromatic carbocycles. The van der Waals surface area contributed by atoms with Gasteiger partial charge in [0, 0.05) is 0 Å². The van der Waals surface area contributed by atoms with E-state index in [0.29, 0.717) is 0 Å². The fourth-order valence-corrected chi connectivity index (χ4v) is 3.41. The van der Waals surface area contributed by atoms with Crippen LogP contribution in [0.3, 0.4) is 0 Å². The van der Waals surface area contributed by atoms with E-state index in [1.54, 1.807) is 20.8 Å². The number of rotatable bonds is 7. The minimum Gasteiger partial charge on any atom is -0.462 e. The molecule has 0 radical (unpaired) electrons. The average Bonchev–Trinajstić information content (AvgIpc) is 2.67. The van der Waals surface area contributed by atoms with Crippen LogP contribution in [0.2, 0.25) is 0 Å². The molecule has 7 heteroatoms. The highest BCUT2D eigenvalue weighted by atomic mass is 16.6. The molecule has 1 aromatic rings. The van der Waals surface area contributed by atoms with E-state index in [1.807, 2.05) is 30.3 Å². The van der Waals surface area contributed by atoms with Crippen LogP contribution in [0.15, 0.2) is 30.3 Å². The predicted octanol–water partition coefficient (Wildman–Crippen LogP) is 4.67. The van der Waals surface area contributed by atoms with Gasteiger partial charge in [0.2, 0.25) is 0 Å². The molecule has 0 heterocycles. The summed E-state index contributed by atoms with van der Waals surface area (Å²) in [6, 6.07) is 8.01. The minimum absolute atomic E-state index is 0.0455. The zero-order valence-corrected chi connectivity index (χ0v) is 18.9. The third-order valence-electron chi connectivity index (χ3n) is 4.92. The molecular formula is C24H35NO6. The number of amides is 1.